The Morgan fingerprint density at radius 2 is 2.00 bits per heavy atom. The van der Waals surface area contributed by atoms with Crippen molar-refractivity contribution in [2.75, 3.05) is 0 Å². The average molecular weight is 326 g/mol. The Morgan fingerprint density at radius 3 is 2.67 bits per heavy atom. The molecular formula is C14H18N2O3S2. The Kier molecular flexibility index (Phi) is 4.14. The third-order valence-electron chi connectivity index (χ3n) is 3.86. The van der Waals surface area contributed by atoms with E-state index in [9.17, 15) is 8.42 Å². The predicted octanol–water partition coefficient (Wildman–Crippen LogP) is 3.26. The molecule has 0 radical (unpaired) electrons. The van der Waals surface area contributed by atoms with Crippen molar-refractivity contribution < 1.29 is 12.9 Å². The van der Waals surface area contributed by atoms with E-state index in [1.807, 2.05) is 0 Å². The molecular weight excluding hydrogens is 308 g/mol. The van der Waals surface area contributed by atoms with Gasteiger partial charge in [-0.05, 0) is 43.7 Å². The molecule has 1 N–H and O–H groups in total. The molecule has 0 amide bonds. The second-order valence-electron chi connectivity index (χ2n) is 5.57. The largest absolute Gasteiger partial charge is 0.355 e. The summed E-state index contributed by atoms with van der Waals surface area (Å²) in [6.45, 7) is 2.22. The molecule has 114 valence electrons. The molecule has 0 aromatic carbocycles. The van der Waals surface area contributed by atoms with Crippen LogP contribution >= 0.6 is 11.3 Å². The molecule has 1 saturated carbocycles. The van der Waals surface area contributed by atoms with E-state index in [4.69, 9.17) is 4.52 Å². The van der Waals surface area contributed by atoms with Gasteiger partial charge in [0.1, 0.15) is 4.21 Å². The minimum Gasteiger partial charge on any atom is -0.355 e. The third-order valence-corrected chi connectivity index (χ3v) is 6.98. The fraction of sp³-hybridized carbons (Fsp3) is 0.500. The van der Waals surface area contributed by atoms with Gasteiger partial charge in [0, 0.05) is 12.1 Å². The molecule has 0 bridgehead atoms. The standard InChI is InChI=1S/C14H18N2O3S2/c1-10-2-4-11(5-3-10)16-21(17,18)14-7-6-13(20-14)12-8-9-15-19-12/h6-11,16H,2-5H2,1H3. The molecule has 21 heavy (non-hydrogen) atoms. The lowest BCUT2D eigenvalue weighted by atomic mass is 9.88. The van der Waals surface area contributed by atoms with Gasteiger partial charge in [-0.15, -0.1) is 11.3 Å². The smallest absolute Gasteiger partial charge is 0.250 e. The molecule has 0 saturated heterocycles. The van der Waals surface area contributed by atoms with Crippen molar-refractivity contribution in [3.05, 3.63) is 24.4 Å². The molecule has 1 fully saturated rings. The van der Waals surface area contributed by atoms with Crippen molar-refractivity contribution in [3.8, 4) is 10.6 Å². The number of rotatable bonds is 4. The van der Waals surface area contributed by atoms with Crippen molar-refractivity contribution in [1.29, 1.82) is 0 Å². The van der Waals surface area contributed by atoms with E-state index in [0.717, 1.165) is 30.6 Å². The van der Waals surface area contributed by atoms with Gasteiger partial charge in [0.25, 0.3) is 0 Å². The summed E-state index contributed by atoms with van der Waals surface area (Å²) in [6, 6.07) is 5.15. The quantitative estimate of drug-likeness (QED) is 0.936. The summed E-state index contributed by atoms with van der Waals surface area (Å²) in [4.78, 5) is 0.769. The van der Waals surface area contributed by atoms with Crippen LogP contribution in [0.25, 0.3) is 10.6 Å². The van der Waals surface area contributed by atoms with Crippen molar-refractivity contribution in [1.82, 2.24) is 9.88 Å². The molecule has 3 rings (SSSR count). The van der Waals surface area contributed by atoms with Gasteiger partial charge < -0.3 is 4.52 Å². The minimum atomic E-state index is -3.44. The van der Waals surface area contributed by atoms with Crippen LogP contribution in [0.3, 0.4) is 0 Å². The molecule has 5 nitrogen and oxygen atoms in total. The lowest BCUT2D eigenvalue weighted by Gasteiger charge is -2.26. The zero-order valence-electron chi connectivity index (χ0n) is 11.8. The van der Waals surface area contributed by atoms with Crippen molar-refractivity contribution >= 4 is 21.4 Å². The summed E-state index contributed by atoms with van der Waals surface area (Å²) >= 11 is 1.20. The summed E-state index contributed by atoms with van der Waals surface area (Å²) in [7, 11) is -3.44. The molecule has 0 spiro atoms. The lowest BCUT2D eigenvalue weighted by molar-refractivity contribution is 0.332. The Balaban J connectivity index is 1.73. The molecule has 0 unspecified atom stereocenters. The highest BCUT2D eigenvalue weighted by atomic mass is 32.2. The number of thiophene rings is 1. The summed E-state index contributed by atoms with van der Waals surface area (Å²) in [6.07, 6.45) is 5.55. The Bertz CT molecular complexity index is 684. The molecule has 1 aliphatic rings. The van der Waals surface area contributed by atoms with E-state index in [-0.39, 0.29) is 6.04 Å². The van der Waals surface area contributed by atoms with Crippen LogP contribution in [0, 0.1) is 5.92 Å². The molecule has 1 aliphatic carbocycles. The lowest BCUT2D eigenvalue weighted by Crippen LogP contribution is -2.36. The van der Waals surface area contributed by atoms with Crippen LogP contribution in [0.15, 0.2) is 33.1 Å². The Labute approximate surface area is 128 Å². The topological polar surface area (TPSA) is 72.2 Å². The van der Waals surface area contributed by atoms with Gasteiger partial charge in [-0.1, -0.05) is 12.1 Å². The van der Waals surface area contributed by atoms with Gasteiger partial charge in [-0.25, -0.2) is 13.1 Å². The number of hydrogen-bond donors (Lipinski definition) is 1. The number of sulfonamides is 1. The van der Waals surface area contributed by atoms with E-state index in [2.05, 4.69) is 16.8 Å². The summed E-state index contributed by atoms with van der Waals surface area (Å²) in [5, 5.41) is 3.64. The van der Waals surface area contributed by atoms with Crippen molar-refractivity contribution in [2.45, 2.75) is 42.9 Å². The Hall–Kier alpha value is -1.18. The normalized spacial score (nSPS) is 23.3. The van der Waals surface area contributed by atoms with Crippen LogP contribution in [-0.4, -0.2) is 19.6 Å². The highest BCUT2D eigenvalue weighted by Gasteiger charge is 2.25. The van der Waals surface area contributed by atoms with Gasteiger partial charge in [0.05, 0.1) is 11.1 Å². The number of nitrogens with one attached hydrogen (secondary N) is 1. The zero-order chi connectivity index (χ0) is 14.9. The Morgan fingerprint density at radius 1 is 1.24 bits per heavy atom. The number of aromatic nitrogens is 1. The van der Waals surface area contributed by atoms with Gasteiger partial charge >= 0.3 is 0 Å². The summed E-state index contributed by atoms with van der Waals surface area (Å²) in [5.74, 6) is 1.29. The second-order valence-corrected chi connectivity index (χ2v) is 8.60. The maximum atomic E-state index is 12.4. The van der Waals surface area contributed by atoms with Gasteiger partial charge in [0.2, 0.25) is 10.0 Å². The van der Waals surface area contributed by atoms with Crippen molar-refractivity contribution in [2.24, 2.45) is 5.92 Å². The molecule has 0 aliphatic heterocycles. The van der Waals surface area contributed by atoms with Crippen molar-refractivity contribution in [3.63, 3.8) is 0 Å². The highest BCUT2D eigenvalue weighted by molar-refractivity contribution is 7.91. The fourth-order valence-corrected chi connectivity index (χ4v) is 5.18. The second kappa shape index (κ2) is 5.90. The van der Waals surface area contributed by atoms with Gasteiger partial charge in [-0.3, -0.25) is 0 Å². The fourth-order valence-electron chi connectivity index (χ4n) is 2.60. The van der Waals surface area contributed by atoms with E-state index in [1.165, 1.54) is 11.3 Å². The van der Waals surface area contributed by atoms with E-state index >= 15 is 0 Å². The van der Waals surface area contributed by atoms with Gasteiger partial charge in [0.15, 0.2) is 5.76 Å². The molecule has 0 atom stereocenters. The molecule has 2 heterocycles. The zero-order valence-corrected chi connectivity index (χ0v) is 13.4. The van der Waals surface area contributed by atoms with Gasteiger partial charge in [-0.2, -0.15) is 0 Å². The SMILES string of the molecule is CC1CCC(NS(=O)(=O)c2ccc(-c3ccno3)s2)CC1. The van der Waals surface area contributed by atoms with Crippen LogP contribution in [0.2, 0.25) is 0 Å². The van der Waals surface area contributed by atoms with Crippen LogP contribution in [0.5, 0.6) is 0 Å². The number of nitrogens with zero attached hydrogens (tertiary/aromatic N) is 1. The first-order valence-electron chi connectivity index (χ1n) is 7.08. The maximum Gasteiger partial charge on any atom is 0.250 e. The van der Waals surface area contributed by atoms with Crippen LogP contribution in [0.4, 0.5) is 0 Å². The third kappa shape index (κ3) is 3.36. The first-order chi connectivity index (χ1) is 10.0. The van der Waals surface area contributed by atoms with Crippen LogP contribution in [0.1, 0.15) is 32.6 Å². The van der Waals surface area contributed by atoms with E-state index in [0.29, 0.717) is 15.9 Å². The molecule has 2 aromatic rings. The number of hydrogen-bond acceptors (Lipinski definition) is 5. The summed E-state index contributed by atoms with van der Waals surface area (Å²) in [5.41, 5.74) is 0. The molecule has 7 heteroatoms. The average Bonchev–Trinajstić information content (AvgIpc) is 3.11. The van der Waals surface area contributed by atoms with E-state index in [1.54, 1.807) is 24.4 Å². The maximum absolute atomic E-state index is 12.4. The van der Waals surface area contributed by atoms with Crippen LogP contribution in [-0.2, 0) is 10.0 Å². The predicted molar refractivity (Wildman–Crippen MR) is 81.6 cm³/mol. The van der Waals surface area contributed by atoms with Crippen LogP contribution < -0.4 is 4.72 Å². The minimum absolute atomic E-state index is 0.0574. The first-order valence-corrected chi connectivity index (χ1v) is 9.38. The highest BCUT2D eigenvalue weighted by Crippen LogP contribution is 2.31. The monoisotopic (exact) mass is 326 g/mol. The molecule has 2 aromatic heterocycles. The first kappa shape index (κ1) is 14.7. The summed E-state index contributed by atoms with van der Waals surface area (Å²) < 4.78 is 33.0. The van der Waals surface area contributed by atoms with E-state index < -0.39 is 10.0 Å².